The molecule has 0 unspecified atom stereocenters. The van der Waals surface area contributed by atoms with E-state index in [9.17, 15) is 4.39 Å². The monoisotopic (exact) mass is 301 g/mol. The second kappa shape index (κ2) is 4.67. The van der Waals surface area contributed by atoms with Crippen LogP contribution in [0.4, 0.5) is 4.39 Å². The van der Waals surface area contributed by atoms with Crippen LogP contribution in [0.1, 0.15) is 25.8 Å². The lowest BCUT2D eigenvalue weighted by Gasteiger charge is -2.42. The highest BCUT2D eigenvalue weighted by Crippen LogP contribution is 2.37. The van der Waals surface area contributed by atoms with Crippen molar-refractivity contribution in [3.05, 3.63) is 34.1 Å². The number of rotatable bonds is 1. The first-order chi connectivity index (χ1) is 7.93. The number of benzene rings is 1. The Kier molecular flexibility index (Phi) is 3.57. The van der Waals surface area contributed by atoms with Crippen LogP contribution >= 0.6 is 15.9 Å². The Morgan fingerprint density at radius 1 is 1.47 bits per heavy atom. The van der Waals surface area contributed by atoms with Crippen LogP contribution in [-0.4, -0.2) is 12.7 Å². The summed E-state index contributed by atoms with van der Waals surface area (Å²) in [5, 5.41) is 0. The average Bonchev–Trinajstić information content (AvgIpc) is 2.27. The van der Waals surface area contributed by atoms with Gasteiger partial charge in [-0.2, -0.15) is 0 Å². The van der Waals surface area contributed by atoms with E-state index in [1.165, 1.54) is 6.07 Å². The summed E-state index contributed by atoms with van der Waals surface area (Å²) in [6, 6.07) is 4.88. The Bertz CT molecular complexity index is 426. The summed E-state index contributed by atoms with van der Waals surface area (Å²) in [6.07, 6.45) is 1.04. The third-order valence-corrected chi connectivity index (χ3v) is 4.09. The van der Waals surface area contributed by atoms with Gasteiger partial charge in [-0.1, -0.05) is 22.9 Å². The molecule has 0 aliphatic carbocycles. The van der Waals surface area contributed by atoms with Gasteiger partial charge in [0.15, 0.2) is 0 Å². The summed E-state index contributed by atoms with van der Waals surface area (Å²) in [4.78, 5) is 0. The molecule has 1 fully saturated rings. The minimum atomic E-state index is -0.736. The molecule has 1 aromatic carbocycles. The van der Waals surface area contributed by atoms with Crippen molar-refractivity contribution in [1.29, 1.82) is 0 Å². The standard InChI is InChI=1S/C13H17BrFNO/c1-8-5-9(2)17-7-13(8,16)11-6-10(14)3-4-12(11)15/h3-4,6,8-9H,5,7,16H2,1-2H3/t8-,9+,13+/m1/s1. The fraction of sp³-hybridized carbons (Fsp3) is 0.538. The van der Waals surface area contributed by atoms with Crippen LogP contribution in [0.3, 0.4) is 0 Å². The van der Waals surface area contributed by atoms with Gasteiger partial charge in [-0.25, -0.2) is 4.39 Å². The molecule has 0 bridgehead atoms. The zero-order valence-electron chi connectivity index (χ0n) is 10.0. The number of ether oxygens (including phenoxy) is 1. The zero-order valence-corrected chi connectivity index (χ0v) is 11.6. The smallest absolute Gasteiger partial charge is 0.128 e. The molecule has 2 nitrogen and oxygen atoms in total. The second-order valence-electron chi connectivity index (χ2n) is 4.92. The van der Waals surface area contributed by atoms with Crippen LogP contribution in [0.2, 0.25) is 0 Å². The molecule has 0 radical (unpaired) electrons. The van der Waals surface area contributed by atoms with Gasteiger partial charge in [-0.3, -0.25) is 0 Å². The first kappa shape index (κ1) is 13.0. The summed E-state index contributed by atoms with van der Waals surface area (Å²) in [7, 11) is 0. The number of hydrogen-bond acceptors (Lipinski definition) is 2. The lowest BCUT2D eigenvalue weighted by atomic mass is 9.76. The van der Waals surface area contributed by atoms with Gasteiger partial charge in [0.1, 0.15) is 5.82 Å². The molecule has 0 saturated carbocycles. The van der Waals surface area contributed by atoms with Crippen molar-refractivity contribution in [2.24, 2.45) is 11.7 Å². The molecular weight excluding hydrogens is 285 g/mol. The van der Waals surface area contributed by atoms with Gasteiger partial charge >= 0.3 is 0 Å². The van der Waals surface area contributed by atoms with Crippen molar-refractivity contribution in [3.63, 3.8) is 0 Å². The molecule has 0 amide bonds. The van der Waals surface area contributed by atoms with Crippen LogP contribution < -0.4 is 5.73 Å². The fourth-order valence-electron chi connectivity index (χ4n) is 2.40. The average molecular weight is 302 g/mol. The Hall–Kier alpha value is -0.450. The van der Waals surface area contributed by atoms with Crippen LogP contribution in [0.5, 0.6) is 0 Å². The molecule has 1 aromatic rings. The molecule has 94 valence electrons. The first-order valence-electron chi connectivity index (χ1n) is 5.79. The highest BCUT2D eigenvalue weighted by Gasteiger charge is 2.40. The maximum atomic E-state index is 13.9. The predicted octanol–water partition coefficient (Wildman–Crippen LogP) is 3.19. The minimum Gasteiger partial charge on any atom is -0.376 e. The third-order valence-electron chi connectivity index (χ3n) is 3.60. The zero-order chi connectivity index (χ0) is 12.6. The van der Waals surface area contributed by atoms with Crippen molar-refractivity contribution in [2.75, 3.05) is 6.61 Å². The van der Waals surface area contributed by atoms with Crippen molar-refractivity contribution < 1.29 is 9.13 Å². The quantitative estimate of drug-likeness (QED) is 0.864. The third kappa shape index (κ3) is 2.39. The van der Waals surface area contributed by atoms with Gasteiger partial charge in [0.05, 0.1) is 18.2 Å². The summed E-state index contributed by atoms with van der Waals surface area (Å²) in [5.41, 5.74) is 6.17. The lowest BCUT2D eigenvalue weighted by molar-refractivity contribution is -0.0495. The van der Waals surface area contributed by atoms with Crippen LogP contribution in [-0.2, 0) is 10.3 Å². The van der Waals surface area contributed by atoms with Crippen molar-refractivity contribution in [3.8, 4) is 0 Å². The Morgan fingerprint density at radius 3 is 2.82 bits per heavy atom. The van der Waals surface area contributed by atoms with Crippen molar-refractivity contribution in [1.82, 2.24) is 0 Å². The van der Waals surface area contributed by atoms with Gasteiger partial charge in [0, 0.05) is 10.0 Å². The molecule has 1 aliphatic rings. The summed E-state index contributed by atoms with van der Waals surface area (Å²) in [6.45, 7) is 4.44. The van der Waals surface area contributed by atoms with E-state index in [1.54, 1.807) is 12.1 Å². The topological polar surface area (TPSA) is 35.2 Å². The van der Waals surface area contributed by atoms with E-state index >= 15 is 0 Å². The van der Waals surface area contributed by atoms with E-state index in [1.807, 2.05) is 6.92 Å². The Labute approximate surface area is 109 Å². The molecule has 1 saturated heterocycles. The number of halogens is 2. The largest absolute Gasteiger partial charge is 0.376 e. The summed E-state index contributed by atoms with van der Waals surface area (Å²) < 4.78 is 20.4. The van der Waals surface area contributed by atoms with Crippen molar-refractivity contribution >= 4 is 15.9 Å². The van der Waals surface area contributed by atoms with Gasteiger partial charge < -0.3 is 10.5 Å². The van der Waals surface area contributed by atoms with E-state index < -0.39 is 5.54 Å². The number of hydrogen-bond donors (Lipinski definition) is 1. The molecule has 4 heteroatoms. The first-order valence-corrected chi connectivity index (χ1v) is 6.59. The summed E-state index contributed by atoms with van der Waals surface area (Å²) in [5.74, 6) is -0.0734. The van der Waals surface area contributed by atoms with Gasteiger partial charge in [0.25, 0.3) is 0 Å². The molecule has 1 aliphatic heterocycles. The minimum absolute atomic E-state index is 0.190. The molecule has 1 heterocycles. The predicted molar refractivity (Wildman–Crippen MR) is 69.2 cm³/mol. The highest BCUT2D eigenvalue weighted by molar-refractivity contribution is 9.10. The maximum absolute atomic E-state index is 13.9. The van der Waals surface area contributed by atoms with Gasteiger partial charge in [-0.05, 0) is 37.5 Å². The fourth-order valence-corrected chi connectivity index (χ4v) is 2.76. The molecule has 17 heavy (non-hydrogen) atoms. The lowest BCUT2D eigenvalue weighted by Crippen LogP contribution is -2.52. The van der Waals surface area contributed by atoms with Crippen molar-refractivity contribution in [2.45, 2.75) is 31.9 Å². The second-order valence-corrected chi connectivity index (χ2v) is 5.84. The SMILES string of the molecule is C[C@@H]1C[C@H](C)OC[C@@]1(N)c1cc(Br)ccc1F. The summed E-state index contributed by atoms with van der Waals surface area (Å²) >= 11 is 3.36. The van der Waals surface area contributed by atoms with Crippen LogP contribution in [0, 0.1) is 11.7 Å². The Morgan fingerprint density at radius 2 is 2.18 bits per heavy atom. The molecule has 2 N–H and O–H groups in total. The van der Waals surface area contributed by atoms with E-state index in [0.717, 1.165) is 10.9 Å². The molecule has 0 aromatic heterocycles. The molecule has 3 atom stereocenters. The molecular formula is C13H17BrFNO. The molecule has 2 rings (SSSR count). The van der Waals surface area contributed by atoms with E-state index in [-0.39, 0.29) is 17.8 Å². The highest BCUT2D eigenvalue weighted by atomic mass is 79.9. The van der Waals surface area contributed by atoms with E-state index in [2.05, 4.69) is 22.9 Å². The van der Waals surface area contributed by atoms with Gasteiger partial charge in [0.2, 0.25) is 0 Å². The van der Waals surface area contributed by atoms with Crippen LogP contribution in [0.25, 0.3) is 0 Å². The number of nitrogens with two attached hydrogens (primary N) is 1. The maximum Gasteiger partial charge on any atom is 0.128 e. The molecule has 0 spiro atoms. The normalized spacial score (nSPS) is 33.7. The van der Waals surface area contributed by atoms with E-state index in [0.29, 0.717) is 12.2 Å². The van der Waals surface area contributed by atoms with Gasteiger partial charge in [-0.15, -0.1) is 0 Å². The van der Waals surface area contributed by atoms with Crippen LogP contribution in [0.15, 0.2) is 22.7 Å². The Balaban J connectivity index is 2.40. The van der Waals surface area contributed by atoms with E-state index in [4.69, 9.17) is 10.5 Å².